The molecule has 0 saturated heterocycles. The van der Waals surface area contributed by atoms with Crippen molar-refractivity contribution < 1.29 is 119 Å². The van der Waals surface area contributed by atoms with Crippen LogP contribution >= 0.6 is 0 Å². The summed E-state index contributed by atoms with van der Waals surface area (Å²) in [5, 5.41) is 53.1. The number of imide groups is 1. The summed E-state index contributed by atoms with van der Waals surface area (Å²) in [6.45, 7) is 19.1. The minimum absolute atomic E-state index is 0.0188. The smallest absolute Gasteiger partial charge is 0.266 e. The van der Waals surface area contributed by atoms with Gasteiger partial charge in [0.05, 0.1) is 135 Å². The molecule has 145 heavy (non-hydrogen) atoms. The van der Waals surface area contributed by atoms with Gasteiger partial charge in [0.15, 0.2) is 0 Å². The molecule has 11 amide bonds. The number of para-hydroxylation sites is 1. The Kier molecular flexibility index (Phi) is 46.7. The van der Waals surface area contributed by atoms with Gasteiger partial charge in [-0.3, -0.25) is 62.6 Å². The number of fused-ring (bicyclic) bond motifs is 8. The first kappa shape index (κ1) is 116. The largest absolute Gasteiger partial charge is 0.508 e. The van der Waals surface area contributed by atoms with Crippen LogP contribution in [-0.2, 0) is 136 Å². The third-order valence-electron chi connectivity index (χ3n) is 29.0. The fourth-order valence-corrected chi connectivity index (χ4v) is 21.5. The number of hydrogen-bond acceptors (Lipinski definition) is 27. The van der Waals surface area contributed by atoms with E-state index < -0.39 is 116 Å². The van der Waals surface area contributed by atoms with Gasteiger partial charge in [0, 0.05) is 69.9 Å². The van der Waals surface area contributed by atoms with Gasteiger partial charge < -0.3 is 106 Å². The standard InChI is InChI=1S/C106H155N13O25S/c1-71(2)95(100(130)112-73(4)97(127)115-85(37-48-120)98(128)113-78-31-27-74-29-33-88-103(5,81(74)67-78)40-18-42-105(88,7)101(131)117-102(132)106(8)43-19-41-104(6)82-68-79(121)32-28-75(82)30-34-89(104)106)116-99(129)84(24-16-17-44-109-93(125)70-144-87-26-11-9-10-23-83(96(87)118-107)108-45-51-138-55-59-142-63-61-140-57-53-136-49-38-91(123)111-47-65-145(133,134)135)114-92(124)39-50-137-54-58-141-62-64-143-60-56-139-52-46-110-90(122)35-36-94(126)119-69-77-21-12-14-22-80(77)72(3)66-76-20-13-15-25-86(76)119/h12-15,20-22,25,27-28,31-32,66-68,71,73,84-85,87-89,95,107-108,120-121H,9-11,16-19,23-24,26,29-30,33-65,69-70H2,1-8H3,(H,109,125)(H,110,122)(H,111,123)(H,112,130)(H,113,128)(H,114,124)(H,115,127)(H,116,129)(H,117,131,132)(H,133,134,135)/b72-66-,96-83-,118-107?/t73-,84+,85-,87?,88+,89+,95-,103+,104+,105-,106-/m0/s1. The van der Waals surface area contributed by atoms with E-state index in [2.05, 4.69) is 85.1 Å². The zero-order chi connectivity index (χ0) is 105. The summed E-state index contributed by atoms with van der Waals surface area (Å²) < 4.78 is 81.4. The lowest BCUT2D eigenvalue weighted by atomic mass is 9.49. The molecule has 11 atom stereocenters. The molecule has 38 nitrogen and oxygen atoms in total. The highest BCUT2D eigenvalue weighted by Crippen LogP contribution is 2.60. The highest BCUT2D eigenvalue weighted by Gasteiger charge is 2.59. The van der Waals surface area contributed by atoms with Crippen molar-refractivity contribution in [2.75, 3.05) is 161 Å². The molecule has 5 aliphatic carbocycles. The monoisotopic (exact) mass is 2040 g/mol. The first-order chi connectivity index (χ1) is 69.6. The number of phenolic OH excluding ortho intramolecular Hbond substituents is 1. The zero-order valence-corrected chi connectivity index (χ0v) is 86.5. The average molecular weight is 2040 g/mol. The molecule has 0 aromatic heterocycles. The molecule has 1 heterocycles. The van der Waals surface area contributed by atoms with Gasteiger partial charge in [-0.25, -0.2) is 5.53 Å². The van der Waals surface area contributed by atoms with E-state index in [1.165, 1.54) is 12.5 Å². The topological polar surface area (TPSA) is 525 Å². The summed E-state index contributed by atoms with van der Waals surface area (Å²) in [6, 6.07) is 22.0. The van der Waals surface area contributed by atoms with E-state index in [0.29, 0.717) is 115 Å². The van der Waals surface area contributed by atoms with E-state index in [4.69, 9.17) is 52.7 Å². The quantitative estimate of drug-likeness (QED) is 0.00847. The van der Waals surface area contributed by atoms with E-state index in [1.807, 2.05) is 86.6 Å². The summed E-state index contributed by atoms with van der Waals surface area (Å²) in [6.07, 6.45) is 12.8. The molecule has 14 N–H and O–H groups in total. The number of carbonyl (C=O) groups excluding carboxylic acids is 11. The maximum atomic E-state index is 15.0. The van der Waals surface area contributed by atoms with E-state index in [1.54, 1.807) is 30.9 Å². The Labute approximate surface area is 852 Å². The molecular weight excluding hydrogens is 1890 g/mol. The lowest BCUT2D eigenvalue weighted by molar-refractivity contribution is -0.150. The van der Waals surface area contributed by atoms with Crippen LogP contribution < -0.4 is 58.1 Å². The number of aliphatic hydroxyl groups is 1. The molecule has 0 radical (unpaired) electrons. The van der Waals surface area contributed by atoms with Crippen molar-refractivity contribution in [3.05, 3.63) is 135 Å². The normalized spacial score (nSPS) is 21.9. The number of anilines is 2. The number of aromatic hydroxyl groups is 1. The lowest BCUT2D eigenvalue weighted by Gasteiger charge is -2.56. The molecule has 4 aromatic carbocycles. The maximum absolute atomic E-state index is 15.0. The Morgan fingerprint density at radius 3 is 1.68 bits per heavy atom. The number of unbranched alkanes of at least 4 members (excludes halogenated alkanes) is 1. The van der Waals surface area contributed by atoms with Gasteiger partial charge in [-0.1, -0.05) is 122 Å². The van der Waals surface area contributed by atoms with Crippen LogP contribution in [0.3, 0.4) is 0 Å². The number of benzene rings is 4. The van der Waals surface area contributed by atoms with Gasteiger partial charge in [0.2, 0.25) is 65.0 Å². The number of carbonyl (C=O) groups is 11. The lowest BCUT2D eigenvalue weighted by Crippen LogP contribution is -2.60. The molecule has 2 fully saturated rings. The Hall–Kier alpha value is -10.6. The summed E-state index contributed by atoms with van der Waals surface area (Å²) in [5.74, 6) is -6.35. The van der Waals surface area contributed by atoms with E-state index in [9.17, 15) is 71.4 Å². The summed E-state index contributed by atoms with van der Waals surface area (Å²) in [7, 11) is -4.16. The summed E-state index contributed by atoms with van der Waals surface area (Å²) >= 11 is 0. The highest BCUT2D eigenvalue weighted by molar-refractivity contribution is 7.85. The van der Waals surface area contributed by atoms with E-state index in [-0.39, 0.29) is 184 Å². The number of nitrogens with zero attached hydrogens (tertiary/aromatic N) is 2. The number of aryl methyl sites for hydroxylation is 2. The average Bonchev–Trinajstić information content (AvgIpc) is 0.718. The predicted octanol–water partition coefficient (Wildman–Crippen LogP) is 9.08. The number of allylic oxidation sites excluding steroid dienone is 2. The van der Waals surface area contributed by atoms with Crippen molar-refractivity contribution >= 4 is 98.1 Å². The Morgan fingerprint density at radius 2 is 1.07 bits per heavy atom. The van der Waals surface area contributed by atoms with Crippen LogP contribution in [0.5, 0.6) is 5.75 Å². The highest BCUT2D eigenvalue weighted by atomic mass is 32.2. The Bertz CT molecular complexity index is 5200. The van der Waals surface area contributed by atoms with Gasteiger partial charge in [-0.2, -0.15) is 13.5 Å². The molecule has 1 unspecified atom stereocenters. The molecule has 39 heteroatoms. The van der Waals surface area contributed by atoms with Gasteiger partial charge in [-0.05, 0) is 220 Å². The molecular formula is C106H155N13O25S. The second-order valence-electron chi connectivity index (χ2n) is 39.8. The van der Waals surface area contributed by atoms with Crippen LogP contribution in [0, 0.1) is 34.1 Å². The van der Waals surface area contributed by atoms with Crippen LogP contribution in [-0.4, -0.2) is 269 Å². The number of ether oxygens (including phenoxy) is 9. The van der Waals surface area contributed by atoms with E-state index >= 15 is 0 Å². The van der Waals surface area contributed by atoms with Crippen molar-refractivity contribution in [3.8, 4) is 5.75 Å². The number of nitrogens with one attached hydrogen (secondary N) is 11. The van der Waals surface area contributed by atoms with Crippen LogP contribution in [0.15, 0.2) is 101 Å². The van der Waals surface area contributed by atoms with E-state index in [0.717, 1.165) is 102 Å². The van der Waals surface area contributed by atoms with Crippen LogP contribution in [0.2, 0.25) is 0 Å². The number of phenols is 1. The first-order valence-electron chi connectivity index (χ1n) is 51.5. The number of rotatable bonds is 60. The molecule has 2 saturated carbocycles. The maximum Gasteiger partial charge on any atom is 0.266 e. The summed E-state index contributed by atoms with van der Waals surface area (Å²) in [4.78, 5) is 154. The van der Waals surface area contributed by atoms with Crippen molar-refractivity contribution in [2.24, 2.45) is 33.7 Å². The van der Waals surface area contributed by atoms with Crippen molar-refractivity contribution in [1.82, 2.24) is 47.9 Å². The molecule has 800 valence electrons. The summed E-state index contributed by atoms with van der Waals surface area (Å²) in [5.41, 5.74) is 16.3. The Balaban J connectivity index is 0.660. The predicted molar refractivity (Wildman–Crippen MR) is 543 cm³/mol. The number of aliphatic hydroxyl groups excluding tert-OH is 1. The van der Waals surface area contributed by atoms with Crippen molar-refractivity contribution in [3.63, 3.8) is 0 Å². The molecule has 10 rings (SSSR count). The molecule has 4 aromatic rings. The molecule has 0 spiro atoms. The van der Waals surface area contributed by atoms with Gasteiger partial charge >= 0.3 is 0 Å². The fourth-order valence-electron chi connectivity index (χ4n) is 21.1. The van der Waals surface area contributed by atoms with Crippen LogP contribution in [0.25, 0.3) is 11.6 Å². The second-order valence-corrected chi connectivity index (χ2v) is 41.3. The van der Waals surface area contributed by atoms with Crippen LogP contribution in [0.4, 0.5) is 11.4 Å². The van der Waals surface area contributed by atoms with Crippen LogP contribution in [0.1, 0.15) is 229 Å². The molecule has 1 aliphatic heterocycles. The van der Waals surface area contributed by atoms with Crippen molar-refractivity contribution in [1.29, 1.82) is 5.53 Å². The van der Waals surface area contributed by atoms with Crippen molar-refractivity contribution in [2.45, 2.75) is 251 Å². The number of hydrogen-bond donors (Lipinski definition) is 14. The number of amides is 11. The second kappa shape index (κ2) is 58.3. The minimum atomic E-state index is -4.16. The first-order valence-corrected chi connectivity index (χ1v) is 53.1. The third kappa shape index (κ3) is 34.8. The molecule has 6 aliphatic rings. The SMILES string of the molecule is C/C1=C/c2ccccc2N(C(=O)CCC(=O)NCCOCCOCCOCCOCCC(=O)N[C@H](CCCCNC(=O)COC2CCCCC/C(NCCOCCOCCOCCOCCC(=O)NCCS(=O)(=O)O)=C\2N=N)C(=O)N[C@H](C(=O)N[C@@H](C)C(=O)N[C@@H](CCO)C(=O)Nc2ccc3c(c2)[C@@]2(C)CCC[C@](C)(C(=O)NC(=O)[C@@]4(C)CCC[C@]5(C)c6cc(O)ccc6CC[C@@H]45)[C@@H]2CC3)C(C)C)Cc2ccccc21. The Morgan fingerprint density at radius 1 is 0.517 bits per heavy atom. The third-order valence-corrected chi connectivity index (χ3v) is 29.7. The van der Waals surface area contributed by atoms with Gasteiger partial charge in [0.1, 0.15) is 48.3 Å². The molecule has 0 bridgehead atoms. The van der Waals surface area contributed by atoms with Gasteiger partial charge in [0.25, 0.3) is 10.1 Å². The zero-order valence-electron chi connectivity index (χ0n) is 85.6. The minimum Gasteiger partial charge on any atom is -0.508 e. The van der Waals surface area contributed by atoms with Gasteiger partial charge in [-0.15, -0.1) is 0 Å². The fraction of sp³-hybridized carbons (Fsp3) is 0.632.